The van der Waals surface area contributed by atoms with Crippen molar-refractivity contribution in [2.45, 2.75) is 13.5 Å². The van der Waals surface area contributed by atoms with Gasteiger partial charge in [-0.1, -0.05) is 0 Å². The Morgan fingerprint density at radius 2 is 2.11 bits per heavy atom. The maximum absolute atomic E-state index is 9.93. The molecule has 3 rings (SSSR count). The van der Waals surface area contributed by atoms with Crippen LogP contribution in [0.5, 0.6) is 17.2 Å². The first-order valence-corrected chi connectivity index (χ1v) is 5.99. The maximum Gasteiger partial charge on any atom is 0.231 e. The van der Waals surface area contributed by atoms with Crippen molar-refractivity contribution < 1.29 is 14.6 Å². The van der Waals surface area contributed by atoms with E-state index in [2.05, 4.69) is 10.4 Å². The number of nitrogens with zero attached hydrogens (tertiary/aromatic N) is 2. The lowest BCUT2D eigenvalue weighted by molar-refractivity contribution is 0.174. The van der Waals surface area contributed by atoms with Gasteiger partial charge in [0.15, 0.2) is 11.5 Å². The van der Waals surface area contributed by atoms with Crippen molar-refractivity contribution in [2.24, 2.45) is 7.05 Å². The van der Waals surface area contributed by atoms with E-state index in [1.54, 1.807) is 16.8 Å². The van der Waals surface area contributed by atoms with Gasteiger partial charge in [0, 0.05) is 31.4 Å². The molecule has 2 N–H and O–H groups in total. The van der Waals surface area contributed by atoms with Gasteiger partial charge in [-0.15, -0.1) is 0 Å². The van der Waals surface area contributed by atoms with Crippen LogP contribution in [0.15, 0.2) is 18.3 Å². The van der Waals surface area contributed by atoms with E-state index in [4.69, 9.17) is 9.47 Å². The Morgan fingerprint density at radius 3 is 2.79 bits per heavy atom. The van der Waals surface area contributed by atoms with Crippen LogP contribution < -0.4 is 14.8 Å². The first kappa shape index (κ1) is 11.7. The smallest absolute Gasteiger partial charge is 0.231 e. The molecule has 1 aliphatic rings. The Kier molecular flexibility index (Phi) is 2.70. The molecular formula is C13H15N3O3. The number of ether oxygens (including phenoxy) is 2. The zero-order valence-corrected chi connectivity index (χ0v) is 10.8. The molecule has 0 saturated carbocycles. The molecule has 6 heteroatoms. The van der Waals surface area contributed by atoms with Gasteiger partial charge < -0.3 is 19.9 Å². The number of aromatic nitrogens is 2. The number of benzene rings is 1. The molecule has 0 saturated heterocycles. The predicted molar refractivity (Wildman–Crippen MR) is 69.5 cm³/mol. The topological polar surface area (TPSA) is 68.5 Å². The predicted octanol–water partition coefficient (Wildman–Crippen LogP) is 1.77. The van der Waals surface area contributed by atoms with Crippen molar-refractivity contribution in [1.29, 1.82) is 0 Å². The third-order valence-corrected chi connectivity index (χ3v) is 3.06. The van der Waals surface area contributed by atoms with Gasteiger partial charge >= 0.3 is 0 Å². The fourth-order valence-electron chi connectivity index (χ4n) is 2.08. The summed E-state index contributed by atoms with van der Waals surface area (Å²) in [5.74, 6) is 1.44. The molecular weight excluding hydrogens is 246 g/mol. The number of hydrogen-bond donors (Lipinski definition) is 2. The highest BCUT2D eigenvalue weighted by Crippen LogP contribution is 2.37. The summed E-state index contributed by atoms with van der Waals surface area (Å²) in [6, 6.07) is 3.37. The first-order chi connectivity index (χ1) is 9.13. The van der Waals surface area contributed by atoms with Crippen LogP contribution >= 0.6 is 0 Å². The number of aromatic hydroxyl groups is 1. The average molecular weight is 261 g/mol. The normalized spacial score (nSPS) is 12.7. The largest absolute Gasteiger partial charge is 0.507 e. The van der Waals surface area contributed by atoms with Crippen LogP contribution in [-0.4, -0.2) is 21.7 Å². The minimum atomic E-state index is 0.193. The molecule has 0 spiro atoms. The third kappa shape index (κ3) is 2.16. The van der Waals surface area contributed by atoms with Gasteiger partial charge in [-0.05, 0) is 13.0 Å². The molecule has 0 aliphatic carbocycles. The van der Waals surface area contributed by atoms with Gasteiger partial charge in [-0.3, -0.25) is 4.68 Å². The van der Waals surface area contributed by atoms with E-state index in [1.807, 2.05) is 20.2 Å². The molecule has 19 heavy (non-hydrogen) atoms. The second kappa shape index (κ2) is 4.38. The van der Waals surface area contributed by atoms with Crippen molar-refractivity contribution in [3.63, 3.8) is 0 Å². The molecule has 0 atom stereocenters. The highest BCUT2D eigenvalue weighted by atomic mass is 16.7. The lowest BCUT2D eigenvalue weighted by atomic mass is 10.1. The summed E-state index contributed by atoms with van der Waals surface area (Å²) in [7, 11) is 1.87. The van der Waals surface area contributed by atoms with Crippen molar-refractivity contribution in [1.82, 2.24) is 9.78 Å². The minimum absolute atomic E-state index is 0.193. The van der Waals surface area contributed by atoms with Gasteiger partial charge in [-0.2, -0.15) is 5.10 Å². The zero-order chi connectivity index (χ0) is 13.4. The second-order valence-corrected chi connectivity index (χ2v) is 4.49. The molecule has 0 bridgehead atoms. The number of nitrogens with one attached hydrogen (secondary N) is 1. The number of aryl methyl sites for hydroxylation is 2. The standard InChI is InChI=1S/C13H15N3O3/c1-8-10(6-16(2)15-8)14-5-9-3-12-13(4-11(9)17)19-7-18-12/h3-4,6,14,17H,5,7H2,1-2H3. The number of rotatable bonds is 3. The van der Waals surface area contributed by atoms with E-state index in [0.29, 0.717) is 18.0 Å². The van der Waals surface area contributed by atoms with Crippen LogP contribution in [0.4, 0.5) is 5.69 Å². The van der Waals surface area contributed by atoms with Gasteiger partial charge in [0.05, 0.1) is 11.4 Å². The van der Waals surface area contributed by atoms with Crippen molar-refractivity contribution in [3.8, 4) is 17.2 Å². The molecule has 0 amide bonds. The summed E-state index contributed by atoms with van der Waals surface area (Å²) >= 11 is 0. The second-order valence-electron chi connectivity index (χ2n) is 4.49. The Morgan fingerprint density at radius 1 is 1.37 bits per heavy atom. The zero-order valence-electron chi connectivity index (χ0n) is 10.8. The Hall–Kier alpha value is -2.37. The van der Waals surface area contributed by atoms with Crippen LogP contribution in [0.1, 0.15) is 11.3 Å². The number of anilines is 1. The quantitative estimate of drug-likeness (QED) is 0.881. The number of fused-ring (bicyclic) bond motifs is 1. The Bertz CT molecular complexity index is 622. The van der Waals surface area contributed by atoms with E-state index in [9.17, 15) is 5.11 Å². The summed E-state index contributed by atoms with van der Waals surface area (Å²) in [6.45, 7) is 2.63. The highest BCUT2D eigenvalue weighted by Gasteiger charge is 2.17. The fourth-order valence-corrected chi connectivity index (χ4v) is 2.08. The number of phenols is 1. The molecule has 2 aromatic rings. The summed E-state index contributed by atoms with van der Waals surface area (Å²) in [5.41, 5.74) is 2.62. The molecule has 0 radical (unpaired) electrons. The van der Waals surface area contributed by atoms with Gasteiger partial charge in [0.25, 0.3) is 0 Å². The lowest BCUT2D eigenvalue weighted by Gasteiger charge is -2.08. The summed E-state index contributed by atoms with van der Waals surface area (Å²) in [6.07, 6.45) is 1.90. The summed E-state index contributed by atoms with van der Waals surface area (Å²) < 4.78 is 12.2. The van der Waals surface area contributed by atoms with Crippen LogP contribution in [0.25, 0.3) is 0 Å². The third-order valence-electron chi connectivity index (χ3n) is 3.06. The minimum Gasteiger partial charge on any atom is -0.507 e. The number of phenolic OH excluding ortho intramolecular Hbond substituents is 1. The first-order valence-electron chi connectivity index (χ1n) is 5.99. The van der Waals surface area contributed by atoms with E-state index in [0.717, 1.165) is 16.9 Å². The molecule has 0 unspecified atom stereocenters. The van der Waals surface area contributed by atoms with E-state index >= 15 is 0 Å². The van der Waals surface area contributed by atoms with Crippen LogP contribution in [0.2, 0.25) is 0 Å². The van der Waals surface area contributed by atoms with E-state index < -0.39 is 0 Å². The monoisotopic (exact) mass is 261 g/mol. The van der Waals surface area contributed by atoms with E-state index in [1.165, 1.54) is 0 Å². The fraction of sp³-hybridized carbons (Fsp3) is 0.308. The highest BCUT2D eigenvalue weighted by molar-refractivity contribution is 5.53. The molecule has 2 heterocycles. The summed E-state index contributed by atoms with van der Waals surface area (Å²) in [5, 5.41) is 17.4. The Balaban J connectivity index is 1.78. The lowest BCUT2D eigenvalue weighted by Crippen LogP contribution is -2.00. The van der Waals surface area contributed by atoms with Crippen LogP contribution in [-0.2, 0) is 13.6 Å². The maximum atomic E-state index is 9.93. The molecule has 100 valence electrons. The van der Waals surface area contributed by atoms with Gasteiger partial charge in [0.1, 0.15) is 5.75 Å². The van der Waals surface area contributed by atoms with Crippen molar-refractivity contribution >= 4 is 5.69 Å². The molecule has 6 nitrogen and oxygen atoms in total. The van der Waals surface area contributed by atoms with Crippen molar-refractivity contribution in [3.05, 3.63) is 29.6 Å². The average Bonchev–Trinajstić information content (AvgIpc) is 2.92. The number of hydrogen-bond acceptors (Lipinski definition) is 5. The summed E-state index contributed by atoms with van der Waals surface area (Å²) in [4.78, 5) is 0. The van der Waals surface area contributed by atoms with Crippen molar-refractivity contribution in [2.75, 3.05) is 12.1 Å². The van der Waals surface area contributed by atoms with E-state index in [-0.39, 0.29) is 12.5 Å². The van der Waals surface area contributed by atoms with Crippen LogP contribution in [0.3, 0.4) is 0 Å². The molecule has 0 fully saturated rings. The Labute approximate surface area is 110 Å². The molecule has 1 aromatic carbocycles. The molecule has 1 aliphatic heterocycles. The SMILES string of the molecule is Cc1nn(C)cc1NCc1cc2c(cc1O)OCO2. The van der Waals surface area contributed by atoms with Gasteiger partial charge in [0.2, 0.25) is 6.79 Å². The van der Waals surface area contributed by atoms with Crippen LogP contribution in [0, 0.1) is 6.92 Å². The molecule has 1 aromatic heterocycles. The van der Waals surface area contributed by atoms with Gasteiger partial charge in [-0.25, -0.2) is 0 Å².